The highest BCUT2D eigenvalue weighted by molar-refractivity contribution is 5.80. The standard InChI is InChI=1S/C10H15N3O2/c1-5-4-7(10(14)15)8-6(2)12-13(3)9(8)11-5/h5,7,11H,4H2,1-3H3,(H,14,15)/t5-,7-/m0/s1. The van der Waals surface area contributed by atoms with E-state index in [1.54, 1.807) is 4.68 Å². The predicted octanol–water partition coefficient (Wildman–Crippen LogP) is 1.10. The molecule has 2 N–H and O–H groups in total. The number of carboxylic acids is 1. The second kappa shape index (κ2) is 3.25. The van der Waals surface area contributed by atoms with Gasteiger partial charge in [0.15, 0.2) is 0 Å². The average Bonchev–Trinajstić information content (AvgIpc) is 2.41. The predicted molar refractivity (Wildman–Crippen MR) is 56.0 cm³/mol. The van der Waals surface area contributed by atoms with E-state index in [4.69, 9.17) is 0 Å². The summed E-state index contributed by atoms with van der Waals surface area (Å²) in [4.78, 5) is 11.2. The number of carbonyl (C=O) groups is 1. The van der Waals surface area contributed by atoms with Gasteiger partial charge in [-0.1, -0.05) is 0 Å². The van der Waals surface area contributed by atoms with Gasteiger partial charge in [-0.15, -0.1) is 0 Å². The van der Waals surface area contributed by atoms with Crippen molar-refractivity contribution in [3.8, 4) is 0 Å². The van der Waals surface area contributed by atoms with Crippen molar-refractivity contribution in [2.45, 2.75) is 32.2 Å². The van der Waals surface area contributed by atoms with Crippen molar-refractivity contribution in [1.29, 1.82) is 0 Å². The molecule has 2 rings (SSSR count). The molecule has 0 unspecified atom stereocenters. The van der Waals surface area contributed by atoms with Crippen molar-refractivity contribution < 1.29 is 9.90 Å². The van der Waals surface area contributed by atoms with Crippen LogP contribution in [-0.2, 0) is 11.8 Å². The fourth-order valence-electron chi connectivity index (χ4n) is 2.25. The molecule has 0 spiro atoms. The van der Waals surface area contributed by atoms with Crippen LogP contribution in [0.2, 0.25) is 0 Å². The molecular weight excluding hydrogens is 194 g/mol. The van der Waals surface area contributed by atoms with Crippen LogP contribution in [0.15, 0.2) is 0 Å². The minimum Gasteiger partial charge on any atom is -0.481 e. The molecule has 0 radical (unpaired) electrons. The van der Waals surface area contributed by atoms with E-state index in [2.05, 4.69) is 10.4 Å². The molecule has 0 saturated carbocycles. The SMILES string of the molecule is Cc1nn(C)c2c1[C@@H](C(=O)O)C[C@H](C)N2. The van der Waals surface area contributed by atoms with Crippen LogP contribution in [0.5, 0.6) is 0 Å². The minimum atomic E-state index is -0.763. The van der Waals surface area contributed by atoms with Crippen molar-refractivity contribution in [2.75, 3.05) is 5.32 Å². The third-order valence-corrected chi connectivity index (χ3v) is 2.89. The van der Waals surface area contributed by atoms with Crippen LogP contribution in [0, 0.1) is 6.92 Å². The van der Waals surface area contributed by atoms with Crippen LogP contribution >= 0.6 is 0 Å². The van der Waals surface area contributed by atoms with Crippen molar-refractivity contribution >= 4 is 11.8 Å². The van der Waals surface area contributed by atoms with Gasteiger partial charge in [0.2, 0.25) is 0 Å². The number of aliphatic carboxylic acids is 1. The Morgan fingerprint density at radius 1 is 1.67 bits per heavy atom. The molecule has 0 fully saturated rings. The van der Waals surface area contributed by atoms with Crippen LogP contribution < -0.4 is 5.32 Å². The maximum atomic E-state index is 11.2. The first-order chi connectivity index (χ1) is 7.00. The quantitative estimate of drug-likeness (QED) is 0.726. The molecule has 0 bridgehead atoms. The molecule has 2 heterocycles. The number of nitrogens with zero attached hydrogens (tertiary/aromatic N) is 2. The Morgan fingerprint density at radius 2 is 2.33 bits per heavy atom. The first-order valence-electron chi connectivity index (χ1n) is 5.03. The Balaban J connectivity index is 2.53. The summed E-state index contributed by atoms with van der Waals surface area (Å²) in [5.41, 5.74) is 1.64. The number of aromatic nitrogens is 2. The van der Waals surface area contributed by atoms with Crippen LogP contribution in [0.4, 0.5) is 5.82 Å². The van der Waals surface area contributed by atoms with E-state index in [9.17, 15) is 9.90 Å². The summed E-state index contributed by atoms with van der Waals surface area (Å²) < 4.78 is 1.72. The van der Waals surface area contributed by atoms with Gasteiger partial charge in [0.1, 0.15) is 5.82 Å². The summed E-state index contributed by atoms with van der Waals surface area (Å²) in [6.45, 7) is 3.84. The second-order valence-corrected chi connectivity index (χ2v) is 4.14. The Morgan fingerprint density at radius 3 is 2.93 bits per heavy atom. The average molecular weight is 209 g/mol. The maximum Gasteiger partial charge on any atom is 0.311 e. The van der Waals surface area contributed by atoms with Gasteiger partial charge >= 0.3 is 5.97 Å². The Hall–Kier alpha value is -1.52. The highest BCUT2D eigenvalue weighted by Crippen LogP contribution is 2.36. The third kappa shape index (κ3) is 1.48. The summed E-state index contributed by atoms with van der Waals surface area (Å²) in [6.07, 6.45) is 0.620. The number of rotatable bonds is 1. The van der Waals surface area contributed by atoms with E-state index in [1.165, 1.54) is 0 Å². The summed E-state index contributed by atoms with van der Waals surface area (Å²) in [7, 11) is 1.83. The molecule has 0 amide bonds. The van der Waals surface area contributed by atoms with E-state index in [1.807, 2.05) is 20.9 Å². The molecule has 5 heteroatoms. The zero-order valence-electron chi connectivity index (χ0n) is 9.11. The van der Waals surface area contributed by atoms with Crippen molar-refractivity contribution in [2.24, 2.45) is 7.05 Å². The van der Waals surface area contributed by atoms with E-state index < -0.39 is 11.9 Å². The largest absolute Gasteiger partial charge is 0.481 e. The van der Waals surface area contributed by atoms with Gasteiger partial charge in [-0.05, 0) is 20.3 Å². The second-order valence-electron chi connectivity index (χ2n) is 4.14. The van der Waals surface area contributed by atoms with E-state index in [0.29, 0.717) is 6.42 Å². The third-order valence-electron chi connectivity index (χ3n) is 2.89. The molecule has 1 aromatic rings. The summed E-state index contributed by atoms with van der Waals surface area (Å²) in [6, 6.07) is 0.174. The van der Waals surface area contributed by atoms with Gasteiger partial charge in [-0.3, -0.25) is 9.48 Å². The van der Waals surface area contributed by atoms with Crippen LogP contribution in [0.3, 0.4) is 0 Å². The van der Waals surface area contributed by atoms with Crippen LogP contribution in [0.1, 0.15) is 30.5 Å². The smallest absolute Gasteiger partial charge is 0.311 e. The first kappa shape index (κ1) is 10.0. The Bertz CT molecular complexity index is 411. The molecule has 1 aromatic heterocycles. The first-order valence-corrected chi connectivity index (χ1v) is 5.03. The number of fused-ring (bicyclic) bond motifs is 1. The topological polar surface area (TPSA) is 67.2 Å². The summed E-state index contributed by atoms with van der Waals surface area (Å²) in [5, 5.41) is 16.7. The highest BCUT2D eigenvalue weighted by Gasteiger charge is 2.33. The number of anilines is 1. The fraction of sp³-hybridized carbons (Fsp3) is 0.600. The number of hydrogen-bond donors (Lipinski definition) is 2. The highest BCUT2D eigenvalue weighted by atomic mass is 16.4. The van der Waals surface area contributed by atoms with Crippen LogP contribution in [-0.4, -0.2) is 26.9 Å². The fourth-order valence-corrected chi connectivity index (χ4v) is 2.25. The van der Waals surface area contributed by atoms with Crippen molar-refractivity contribution in [3.05, 3.63) is 11.3 Å². The number of aryl methyl sites for hydroxylation is 2. The lowest BCUT2D eigenvalue weighted by Gasteiger charge is -2.27. The number of hydrogen-bond acceptors (Lipinski definition) is 3. The van der Waals surface area contributed by atoms with Gasteiger partial charge in [0.25, 0.3) is 0 Å². The molecule has 2 atom stereocenters. The van der Waals surface area contributed by atoms with Gasteiger partial charge in [0, 0.05) is 18.7 Å². The molecule has 15 heavy (non-hydrogen) atoms. The summed E-state index contributed by atoms with van der Waals surface area (Å²) in [5.74, 6) is -0.343. The molecule has 5 nitrogen and oxygen atoms in total. The van der Waals surface area contributed by atoms with Gasteiger partial charge in [-0.25, -0.2) is 0 Å². The van der Waals surface area contributed by atoms with Gasteiger partial charge in [0.05, 0.1) is 11.6 Å². The molecule has 0 aliphatic carbocycles. The van der Waals surface area contributed by atoms with E-state index in [-0.39, 0.29) is 6.04 Å². The molecule has 0 aromatic carbocycles. The number of nitrogens with one attached hydrogen (secondary N) is 1. The Kier molecular flexibility index (Phi) is 2.17. The summed E-state index contributed by atoms with van der Waals surface area (Å²) >= 11 is 0. The number of carboxylic acid groups (broad SMARTS) is 1. The lowest BCUT2D eigenvalue weighted by Crippen LogP contribution is -2.30. The molecular formula is C10H15N3O2. The molecule has 82 valence electrons. The molecule has 1 aliphatic rings. The Labute approximate surface area is 88.1 Å². The minimum absolute atomic E-state index is 0.174. The van der Waals surface area contributed by atoms with E-state index >= 15 is 0 Å². The zero-order chi connectivity index (χ0) is 11.2. The lowest BCUT2D eigenvalue weighted by molar-refractivity contribution is -0.139. The lowest BCUT2D eigenvalue weighted by atomic mass is 9.89. The van der Waals surface area contributed by atoms with Crippen molar-refractivity contribution in [1.82, 2.24) is 9.78 Å². The molecule has 0 saturated heterocycles. The normalized spacial score (nSPS) is 24.5. The van der Waals surface area contributed by atoms with Crippen molar-refractivity contribution in [3.63, 3.8) is 0 Å². The van der Waals surface area contributed by atoms with Crippen LogP contribution in [0.25, 0.3) is 0 Å². The van der Waals surface area contributed by atoms with Gasteiger partial charge in [-0.2, -0.15) is 5.10 Å². The monoisotopic (exact) mass is 209 g/mol. The molecule has 1 aliphatic heterocycles. The maximum absolute atomic E-state index is 11.2. The van der Waals surface area contributed by atoms with E-state index in [0.717, 1.165) is 17.1 Å². The zero-order valence-corrected chi connectivity index (χ0v) is 9.11. The van der Waals surface area contributed by atoms with Gasteiger partial charge < -0.3 is 10.4 Å².